The summed E-state index contributed by atoms with van der Waals surface area (Å²) in [6, 6.07) is 7.02. The van der Waals surface area contributed by atoms with Gasteiger partial charge in [0, 0.05) is 24.9 Å². The van der Waals surface area contributed by atoms with Crippen molar-refractivity contribution in [2.45, 2.75) is 51.7 Å². The van der Waals surface area contributed by atoms with Gasteiger partial charge in [0.05, 0.1) is 34.5 Å². The normalized spacial score (nSPS) is 22.7. The number of rotatable bonds is 7. The number of carbonyl (C=O) groups is 1. The second kappa shape index (κ2) is 10.3. The lowest BCUT2D eigenvalue weighted by atomic mass is 9.84. The van der Waals surface area contributed by atoms with E-state index in [1.807, 2.05) is 20.8 Å². The van der Waals surface area contributed by atoms with E-state index in [9.17, 15) is 9.90 Å². The predicted octanol–water partition coefficient (Wildman–Crippen LogP) is 4.44. The molecule has 1 aliphatic carbocycles. The Bertz CT molecular complexity index is 1120. The van der Waals surface area contributed by atoms with Crippen LogP contribution in [0.3, 0.4) is 0 Å². The lowest BCUT2D eigenvalue weighted by Crippen LogP contribution is -2.55. The van der Waals surface area contributed by atoms with Crippen molar-refractivity contribution in [3.8, 4) is 11.9 Å². The number of amides is 1. The fraction of sp³-hybridized carbons (Fsp3) is 0.520. The number of hydrogen-bond acceptors (Lipinski definition) is 8. The molecule has 186 valence electrons. The van der Waals surface area contributed by atoms with E-state index in [2.05, 4.69) is 21.4 Å². The fourth-order valence-corrected chi connectivity index (χ4v) is 4.50. The van der Waals surface area contributed by atoms with Gasteiger partial charge in [-0.2, -0.15) is 5.26 Å². The number of halogens is 1. The summed E-state index contributed by atoms with van der Waals surface area (Å²) >= 11 is 6.31. The number of likely N-dealkylation sites (tertiary alicyclic amines) is 1. The standard InChI is InChI=1S/C25H30ClN5O4/c1-4-17-11-31(24(33)35-25(3)7-8-25)12-18(13-32)21(17)34-23-15(2)22(28-14-29-23)30-20-6-5-16(10-27)9-19(20)26/h5-6,9,14,17-18,21,32H,4,7-8,11-13H2,1-3H3,(H,28,29,30). The van der Waals surface area contributed by atoms with Crippen molar-refractivity contribution in [1.29, 1.82) is 5.26 Å². The lowest BCUT2D eigenvalue weighted by Gasteiger charge is -2.42. The summed E-state index contributed by atoms with van der Waals surface area (Å²) in [6.07, 6.45) is 3.28. The highest BCUT2D eigenvalue weighted by molar-refractivity contribution is 6.33. The van der Waals surface area contributed by atoms with Crippen LogP contribution in [0.5, 0.6) is 5.88 Å². The Labute approximate surface area is 210 Å². The number of nitriles is 1. The highest BCUT2D eigenvalue weighted by atomic mass is 35.5. The zero-order valence-electron chi connectivity index (χ0n) is 20.1. The SMILES string of the molecule is CCC1CN(C(=O)OC2(C)CC2)CC(CO)C1Oc1ncnc(Nc2ccc(C#N)cc2Cl)c1C. The molecule has 1 saturated carbocycles. The van der Waals surface area contributed by atoms with Gasteiger partial charge in [-0.05, 0) is 51.3 Å². The van der Waals surface area contributed by atoms with Crippen LogP contribution in [0.15, 0.2) is 24.5 Å². The van der Waals surface area contributed by atoms with Crippen molar-refractivity contribution in [3.05, 3.63) is 40.7 Å². The third-order valence-electron chi connectivity index (χ3n) is 6.78. The summed E-state index contributed by atoms with van der Waals surface area (Å²) in [4.78, 5) is 23.0. The van der Waals surface area contributed by atoms with Gasteiger partial charge < -0.3 is 24.8 Å². The first kappa shape index (κ1) is 25.0. The number of hydrogen-bond donors (Lipinski definition) is 2. The smallest absolute Gasteiger partial charge is 0.410 e. The zero-order valence-corrected chi connectivity index (χ0v) is 20.9. The first-order chi connectivity index (χ1) is 16.8. The molecule has 0 radical (unpaired) electrons. The summed E-state index contributed by atoms with van der Waals surface area (Å²) in [5, 5.41) is 22.8. The van der Waals surface area contributed by atoms with Crippen LogP contribution in [0.2, 0.25) is 5.02 Å². The number of benzene rings is 1. The number of nitrogens with zero attached hydrogens (tertiary/aromatic N) is 4. The van der Waals surface area contributed by atoms with Crippen molar-refractivity contribution in [3.63, 3.8) is 0 Å². The van der Waals surface area contributed by atoms with Gasteiger partial charge in [0.1, 0.15) is 23.9 Å². The van der Waals surface area contributed by atoms with E-state index in [0.717, 1.165) is 19.3 Å². The number of nitrogens with one attached hydrogen (secondary N) is 1. The minimum absolute atomic E-state index is 0.000737. The molecule has 9 nitrogen and oxygen atoms in total. The Morgan fingerprint density at radius 1 is 1.34 bits per heavy atom. The van der Waals surface area contributed by atoms with Crippen LogP contribution in [0, 0.1) is 30.1 Å². The van der Waals surface area contributed by atoms with E-state index in [1.165, 1.54) is 6.33 Å². The second-order valence-electron chi connectivity index (χ2n) is 9.50. The molecule has 3 atom stereocenters. The molecule has 3 unspecified atom stereocenters. The molecule has 0 bridgehead atoms. The summed E-state index contributed by atoms with van der Waals surface area (Å²) < 4.78 is 12.0. The van der Waals surface area contributed by atoms with Crippen LogP contribution >= 0.6 is 11.6 Å². The van der Waals surface area contributed by atoms with Crippen molar-refractivity contribution in [1.82, 2.24) is 14.9 Å². The molecule has 2 heterocycles. The van der Waals surface area contributed by atoms with Gasteiger partial charge in [0.15, 0.2) is 0 Å². The van der Waals surface area contributed by atoms with Crippen LogP contribution in [0.25, 0.3) is 0 Å². The minimum atomic E-state index is -0.347. The van der Waals surface area contributed by atoms with E-state index in [0.29, 0.717) is 46.6 Å². The van der Waals surface area contributed by atoms with Crippen molar-refractivity contribution < 1.29 is 19.4 Å². The van der Waals surface area contributed by atoms with Gasteiger partial charge in [-0.1, -0.05) is 18.5 Å². The van der Waals surface area contributed by atoms with Crippen LogP contribution in [0.1, 0.15) is 44.2 Å². The highest BCUT2D eigenvalue weighted by Gasteiger charge is 2.45. The number of aliphatic hydroxyl groups is 1. The quantitative estimate of drug-likeness (QED) is 0.573. The molecule has 1 aromatic carbocycles. The summed E-state index contributed by atoms with van der Waals surface area (Å²) in [5.74, 6) is 0.635. The minimum Gasteiger partial charge on any atom is -0.473 e. The van der Waals surface area contributed by atoms with E-state index >= 15 is 0 Å². The van der Waals surface area contributed by atoms with Crippen molar-refractivity contribution in [2.24, 2.45) is 11.8 Å². The maximum absolute atomic E-state index is 12.7. The van der Waals surface area contributed by atoms with E-state index in [-0.39, 0.29) is 36.2 Å². The number of carbonyl (C=O) groups excluding carboxylic acids is 1. The van der Waals surface area contributed by atoms with E-state index < -0.39 is 0 Å². The van der Waals surface area contributed by atoms with Gasteiger partial charge in [-0.25, -0.2) is 14.8 Å². The summed E-state index contributed by atoms with van der Waals surface area (Å²) in [5.41, 5.74) is 1.41. The van der Waals surface area contributed by atoms with Crippen LogP contribution in [0.4, 0.5) is 16.3 Å². The third-order valence-corrected chi connectivity index (χ3v) is 7.09. The third kappa shape index (κ3) is 5.60. The molecule has 4 rings (SSSR count). The highest BCUT2D eigenvalue weighted by Crippen LogP contribution is 2.40. The monoisotopic (exact) mass is 499 g/mol. The van der Waals surface area contributed by atoms with E-state index in [1.54, 1.807) is 23.1 Å². The molecule has 1 aromatic heterocycles. The molecule has 35 heavy (non-hydrogen) atoms. The molecule has 1 amide bonds. The Morgan fingerprint density at radius 3 is 2.71 bits per heavy atom. The second-order valence-corrected chi connectivity index (χ2v) is 9.91. The summed E-state index contributed by atoms with van der Waals surface area (Å²) in [6.45, 7) is 6.53. The molecule has 2 aromatic rings. The van der Waals surface area contributed by atoms with Crippen molar-refractivity contribution in [2.75, 3.05) is 25.0 Å². The first-order valence-corrected chi connectivity index (χ1v) is 12.2. The number of aliphatic hydroxyl groups excluding tert-OH is 1. The van der Waals surface area contributed by atoms with Gasteiger partial charge in [-0.3, -0.25) is 0 Å². The molecule has 1 saturated heterocycles. The topological polar surface area (TPSA) is 121 Å². The fourth-order valence-electron chi connectivity index (χ4n) is 4.27. The molecule has 1 aliphatic heterocycles. The number of ether oxygens (including phenoxy) is 2. The molecule has 2 N–H and O–H groups in total. The van der Waals surface area contributed by atoms with Crippen LogP contribution in [-0.2, 0) is 4.74 Å². The molecule has 10 heteroatoms. The first-order valence-electron chi connectivity index (χ1n) is 11.8. The number of anilines is 2. The molecular weight excluding hydrogens is 470 g/mol. The van der Waals surface area contributed by atoms with Crippen LogP contribution < -0.4 is 10.1 Å². The van der Waals surface area contributed by atoms with Gasteiger partial charge in [0.25, 0.3) is 0 Å². The molecular formula is C25H30ClN5O4. The maximum Gasteiger partial charge on any atom is 0.410 e. The maximum atomic E-state index is 12.7. The van der Waals surface area contributed by atoms with Gasteiger partial charge in [0.2, 0.25) is 5.88 Å². The molecule has 2 fully saturated rings. The Morgan fingerprint density at radius 2 is 2.09 bits per heavy atom. The summed E-state index contributed by atoms with van der Waals surface area (Å²) in [7, 11) is 0. The van der Waals surface area contributed by atoms with Gasteiger partial charge >= 0.3 is 6.09 Å². The lowest BCUT2D eigenvalue weighted by molar-refractivity contribution is -0.0348. The van der Waals surface area contributed by atoms with E-state index in [4.69, 9.17) is 26.3 Å². The average molecular weight is 500 g/mol. The van der Waals surface area contributed by atoms with Crippen molar-refractivity contribution >= 4 is 29.2 Å². The predicted molar refractivity (Wildman–Crippen MR) is 131 cm³/mol. The number of aromatic nitrogens is 2. The van der Waals surface area contributed by atoms with Crippen LogP contribution in [-0.4, -0.2) is 57.5 Å². The Hall–Kier alpha value is -3.09. The largest absolute Gasteiger partial charge is 0.473 e. The molecule has 0 spiro atoms. The Balaban J connectivity index is 1.50. The Kier molecular flexibility index (Phi) is 7.33. The average Bonchev–Trinajstić information content (AvgIpc) is 3.58. The zero-order chi connectivity index (χ0) is 25.2. The molecule has 2 aliphatic rings. The van der Waals surface area contributed by atoms with Gasteiger partial charge in [-0.15, -0.1) is 0 Å². The number of piperidine rings is 1.